The van der Waals surface area contributed by atoms with Gasteiger partial charge in [0.2, 0.25) is 0 Å². The summed E-state index contributed by atoms with van der Waals surface area (Å²) in [6.45, 7) is 2.79. The summed E-state index contributed by atoms with van der Waals surface area (Å²) in [5, 5.41) is 18.0. The summed E-state index contributed by atoms with van der Waals surface area (Å²) in [4.78, 5) is 24.0. The molecule has 182 valence electrons. The van der Waals surface area contributed by atoms with Gasteiger partial charge in [-0.1, -0.05) is 37.6 Å². The lowest BCUT2D eigenvalue weighted by molar-refractivity contribution is -0.384. The van der Waals surface area contributed by atoms with E-state index in [4.69, 9.17) is 14.6 Å². The van der Waals surface area contributed by atoms with Gasteiger partial charge >= 0.3 is 12.1 Å². The Labute approximate surface area is 193 Å². The van der Waals surface area contributed by atoms with E-state index in [1.807, 2.05) is 30.6 Å². The van der Waals surface area contributed by atoms with Crippen LogP contribution in [0.5, 0.6) is 5.75 Å². The van der Waals surface area contributed by atoms with Gasteiger partial charge < -0.3 is 14.4 Å². The second-order valence-corrected chi connectivity index (χ2v) is 7.20. The zero-order valence-corrected chi connectivity index (χ0v) is 18.6. The van der Waals surface area contributed by atoms with Crippen molar-refractivity contribution in [2.45, 2.75) is 38.9 Å². The number of carboxylic acids is 1. The van der Waals surface area contributed by atoms with Gasteiger partial charge in [-0.15, -0.1) is 0 Å². The first-order valence-corrected chi connectivity index (χ1v) is 10.3. The van der Waals surface area contributed by atoms with Crippen LogP contribution in [0, 0.1) is 10.1 Å². The largest absolute Gasteiger partial charge is 0.496 e. The van der Waals surface area contributed by atoms with Crippen LogP contribution in [-0.2, 0) is 17.8 Å². The SMILES string of the molecule is CCCCc1c(-c2ccccc2OC)ncn1Cc1ccc([N+](=O)[O-])cc1.O=C(O)C(F)(F)F. The summed E-state index contributed by atoms with van der Waals surface area (Å²) in [5.74, 6) is -1.96. The number of non-ortho nitro benzene ring substituents is 1. The van der Waals surface area contributed by atoms with Crippen molar-refractivity contribution in [3.63, 3.8) is 0 Å². The summed E-state index contributed by atoms with van der Waals surface area (Å²) < 4.78 is 39.4. The van der Waals surface area contributed by atoms with Gasteiger partial charge in [-0.3, -0.25) is 10.1 Å². The van der Waals surface area contributed by atoms with Crippen molar-refractivity contribution in [1.82, 2.24) is 9.55 Å². The van der Waals surface area contributed by atoms with Gasteiger partial charge in [0.1, 0.15) is 5.75 Å². The van der Waals surface area contributed by atoms with Gasteiger partial charge in [0.25, 0.3) is 5.69 Å². The molecule has 0 aliphatic carbocycles. The number of benzene rings is 2. The molecule has 0 unspecified atom stereocenters. The highest BCUT2D eigenvalue weighted by molar-refractivity contribution is 5.73. The molecule has 11 heteroatoms. The van der Waals surface area contributed by atoms with E-state index >= 15 is 0 Å². The number of methoxy groups -OCH3 is 1. The average molecular weight is 479 g/mol. The van der Waals surface area contributed by atoms with Crippen molar-refractivity contribution < 1.29 is 32.7 Å². The molecule has 0 saturated carbocycles. The minimum absolute atomic E-state index is 0.102. The maximum atomic E-state index is 10.8. The molecule has 0 aliphatic heterocycles. The number of nitro groups is 1. The first-order valence-electron chi connectivity index (χ1n) is 10.3. The molecule has 3 rings (SSSR count). The standard InChI is InChI=1S/C21H23N3O3.C2HF3O2/c1-3-4-8-19-21(18-7-5-6-9-20(18)27-2)22-15-23(19)14-16-10-12-17(13-11-16)24(25)26;3-2(4,5)1(6)7/h5-7,9-13,15H,3-4,8,14H2,1-2H3;(H,6,7). The van der Waals surface area contributed by atoms with Gasteiger partial charge in [0.15, 0.2) is 0 Å². The monoisotopic (exact) mass is 479 g/mol. The summed E-state index contributed by atoms with van der Waals surface area (Å²) in [7, 11) is 1.67. The van der Waals surface area contributed by atoms with Crippen LogP contribution in [0.4, 0.5) is 18.9 Å². The van der Waals surface area contributed by atoms with Gasteiger partial charge in [-0.05, 0) is 30.5 Å². The second-order valence-electron chi connectivity index (χ2n) is 7.20. The second kappa shape index (κ2) is 11.8. The molecule has 8 nitrogen and oxygen atoms in total. The zero-order chi connectivity index (χ0) is 25.3. The quantitative estimate of drug-likeness (QED) is 0.338. The number of hydrogen-bond donors (Lipinski definition) is 1. The first kappa shape index (κ1) is 26.4. The van der Waals surface area contributed by atoms with Crippen LogP contribution in [0.3, 0.4) is 0 Å². The fourth-order valence-corrected chi connectivity index (χ4v) is 3.14. The van der Waals surface area contributed by atoms with E-state index in [9.17, 15) is 23.3 Å². The maximum Gasteiger partial charge on any atom is 0.490 e. The summed E-state index contributed by atoms with van der Waals surface area (Å²) >= 11 is 0. The Morgan fingerprint density at radius 3 is 2.32 bits per heavy atom. The van der Waals surface area contributed by atoms with Gasteiger partial charge in [-0.25, -0.2) is 9.78 Å². The molecule has 0 atom stereocenters. The lowest BCUT2D eigenvalue weighted by atomic mass is 10.1. The number of nitro benzene ring substituents is 1. The first-order chi connectivity index (χ1) is 16.1. The van der Waals surface area contributed by atoms with E-state index < -0.39 is 12.1 Å². The van der Waals surface area contributed by atoms with Crippen LogP contribution < -0.4 is 4.74 Å². The lowest BCUT2D eigenvalue weighted by Gasteiger charge is -2.12. The predicted molar refractivity (Wildman–Crippen MR) is 119 cm³/mol. The highest BCUT2D eigenvalue weighted by Gasteiger charge is 2.38. The molecule has 34 heavy (non-hydrogen) atoms. The molecule has 2 aromatic carbocycles. The Morgan fingerprint density at radius 1 is 1.18 bits per heavy atom. The number of aromatic nitrogens is 2. The number of alkyl halides is 3. The lowest BCUT2D eigenvalue weighted by Crippen LogP contribution is -2.21. The van der Waals surface area contributed by atoms with E-state index in [2.05, 4.69) is 16.5 Å². The van der Waals surface area contributed by atoms with E-state index in [1.165, 1.54) is 0 Å². The van der Waals surface area contributed by atoms with Gasteiger partial charge in [0, 0.05) is 29.9 Å². The average Bonchev–Trinajstić information content (AvgIpc) is 3.19. The number of carboxylic acid groups (broad SMARTS) is 1. The van der Waals surface area contributed by atoms with Crippen LogP contribution in [0.15, 0.2) is 54.9 Å². The Balaban J connectivity index is 0.000000509. The van der Waals surface area contributed by atoms with Crippen molar-refractivity contribution in [2.24, 2.45) is 0 Å². The number of halogens is 3. The minimum Gasteiger partial charge on any atom is -0.496 e. The molecule has 0 saturated heterocycles. The van der Waals surface area contributed by atoms with Crippen molar-refractivity contribution in [3.05, 3.63) is 76.2 Å². The molecule has 0 radical (unpaired) electrons. The number of aliphatic carboxylic acids is 1. The molecule has 0 bridgehead atoms. The van der Waals surface area contributed by atoms with E-state index in [0.29, 0.717) is 6.54 Å². The number of imidazole rings is 1. The number of ether oxygens (including phenoxy) is 1. The fraction of sp³-hybridized carbons (Fsp3) is 0.304. The maximum absolute atomic E-state index is 10.8. The van der Waals surface area contributed by atoms with Gasteiger partial charge in [-0.2, -0.15) is 13.2 Å². The normalized spacial score (nSPS) is 10.9. The molecule has 0 spiro atoms. The molecule has 0 amide bonds. The fourth-order valence-electron chi connectivity index (χ4n) is 3.14. The summed E-state index contributed by atoms with van der Waals surface area (Å²) in [5.41, 5.74) is 4.17. The Bertz CT molecular complexity index is 1110. The molecular formula is C23H24F3N3O5. The molecule has 3 aromatic rings. The minimum atomic E-state index is -5.08. The van der Waals surface area contributed by atoms with Crippen molar-refractivity contribution in [3.8, 4) is 17.0 Å². The molecule has 1 N–H and O–H groups in total. The molecule has 0 fully saturated rings. The number of rotatable bonds is 8. The Morgan fingerprint density at radius 2 is 1.79 bits per heavy atom. The van der Waals surface area contributed by atoms with Gasteiger partial charge in [0.05, 0.1) is 24.1 Å². The van der Waals surface area contributed by atoms with Crippen molar-refractivity contribution in [2.75, 3.05) is 7.11 Å². The highest BCUT2D eigenvalue weighted by Crippen LogP contribution is 2.32. The van der Waals surface area contributed by atoms with E-state index in [1.54, 1.807) is 31.4 Å². The van der Waals surface area contributed by atoms with E-state index in [-0.39, 0.29) is 10.6 Å². The third kappa shape index (κ3) is 7.06. The van der Waals surface area contributed by atoms with Crippen LogP contribution in [-0.4, -0.2) is 38.8 Å². The van der Waals surface area contributed by atoms with Crippen LogP contribution in [0.2, 0.25) is 0 Å². The molecule has 0 aliphatic rings. The highest BCUT2D eigenvalue weighted by atomic mass is 19.4. The molecular weight excluding hydrogens is 455 g/mol. The molecule has 1 aromatic heterocycles. The van der Waals surface area contributed by atoms with Crippen molar-refractivity contribution in [1.29, 1.82) is 0 Å². The number of carbonyl (C=O) groups is 1. The number of hydrogen-bond acceptors (Lipinski definition) is 5. The predicted octanol–water partition coefficient (Wildman–Crippen LogP) is 5.49. The zero-order valence-electron chi connectivity index (χ0n) is 18.6. The van der Waals surface area contributed by atoms with Crippen LogP contribution >= 0.6 is 0 Å². The molecule has 1 heterocycles. The Hall–Kier alpha value is -3.89. The topological polar surface area (TPSA) is 107 Å². The van der Waals surface area contributed by atoms with Crippen LogP contribution in [0.1, 0.15) is 31.0 Å². The number of unbranched alkanes of at least 4 members (excludes halogenated alkanes) is 1. The summed E-state index contributed by atoms with van der Waals surface area (Å²) in [6, 6.07) is 14.6. The van der Waals surface area contributed by atoms with E-state index in [0.717, 1.165) is 47.5 Å². The smallest absolute Gasteiger partial charge is 0.490 e. The van der Waals surface area contributed by atoms with Crippen molar-refractivity contribution >= 4 is 11.7 Å². The third-order valence-corrected chi connectivity index (χ3v) is 4.82. The third-order valence-electron chi connectivity index (χ3n) is 4.82. The summed E-state index contributed by atoms with van der Waals surface area (Å²) in [6.07, 6.45) is -0.173. The Kier molecular flexibility index (Phi) is 9.17. The number of para-hydroxylation sites is 1. The van der Waals surface area contributed by atoms with Crippen LogP contribution in [0.25, 0.3) is 11.3 Å². The number of nitrogens with zero attached hydrogens (tertiary/aromatic N) is 3.